The van der Waals surface area contributed by atoms with E-state index in [1.807, 2.05) is 132 Å². The zero-order valence-electron chi connectivity index (χ0n) is 27.9. The molecule has 2 unspecified atom stereocenters. The van der Waals surface area contributed by atoms with Gasteiger partial charge in [-0.3, -0.25) is 29.0 Å². The lowest BCUT2D eigenvalue weighted by atomic mass is 9.97. The number of benzene rings is 4. The normalized spacial score (nSPS) is 21.0. The molecule has 0 spiro atoms. The number of piperazine rings is 1. The van der Waals surface area contributed by atoms with Crippen LogP contribution < -0.4 is 9.80 Å². The summed E-state index contributed by atoms with van der Waals surface area (Å²) in [6, 6.07) is 32.2. The van der Waals surface area contributed by atoms with Crippen LogP contribution >= 0.6 is 0 Å². The van der Waals surface area contributed by atoms with E-state index in [1.54, 1.807) is 9.80 Å². The van der Waals surface area contributed by atoms with Gasteiger partial charge in [0.15, 0.2) is 0 Å². The highest BCUT2D eigenvalue weighted by Crippen LogP contribution is 2.38. The molecule has 3 saturated heterocycles. The van der Waals surface area contributed by atoms with Crippen molar-refractivity contribution in [2.24, 2.45) is 0 Å². The number of anilines is 2. The van der Waals surface area contributed by atoms with Gasteiger partial charge in [-0.05, 0) is 72.2 Å². The number of carbonyl (C=O) groups is 4. The average molecular weight is 665 g/mol. The summed E-state index contributed by atoms with van der Waals surface area (Å²) in [6.07, 6.45) is 9.77. The lowest BCUT2D eigenvalue weighted by Gasteiger charge is -2.42. The summed E-state index contributed by atoms with van der Waals surface area (Å²) in [6.45, 7) is 5.17. The van der Waals surface area contributed by atoms with Gasteiger partial charge in [0, 0.05) is 30.5 Å². The Kier molecular flexibility index (Phi) is 9.43. The number of likely N-dealkylation sites (tertiary alicyclic amines) is 1. The minimum atomic E-state index is -0.797. The van der Waals surface area contributed by atoms with Crippen molar-refractivity contribution in [2.75, 3.05) is 22.9 Å². The molecule has 0 N–H and O–H groups in total. The zero-order chi connectivity index (χ0) is 34.6. The molecule has 4 aromatic carbocycles. The SMILES string of the molecule is C=C[C@@H]1CCCN1C(=O)C(c1ccccc1)N(C=O)c1ccc(/C=C/c2ccc(N3C(=O)[C@@H]4CCCN4C(=O)C3c3ccccc3)cc2)cc1. The van der Waals surface area contributed by atoms with E-state index in [9.17, 15) is 19.2 Å². The molecule has 3 heterocycles. The molecule has 0 aliphatic carbocycles. The van der Waals surface area contributed by atoms with E-state index in [0.717, 1.165) is 47.9 Å². The van der Waals surface area contributed by atoms with Crippen molar-refractivity contribution in [3.8, 4) is 0 Å². The second-order valence-corrected chi connectivity index (χ2v) is 13.0. The van der Waals surface area contributed by atoms with Gasteiger partial charge in [-0.2, -0.15) is 0 Å². The molecule has 3 fully saturated rings. The van der Waals surface area contributed by atoms with Crippen LogP contribution in [0.2, 0.25) is 0 Å². The molecule has 3 aliphatic rings. The van der Waals surface area contributed by atoms with E-state index >= 15 is 0 Å². The van der Waals surface area contributed by atoms with Crippen molar-refractivity contribution in [3.63, 3.8) is 0 Å². The van der Waals surface area contributed by atoms with E-state index < -0.39 is 18.1 Å². The molecule has 4 atom stereocenters. The van der Waals surface area contributed by atoms with E-state index in [4.69, 9.17) is 0 Å². The molecular formula is C42H40N4O4. The smallest absolute Gasteiger partial charge is 0.251 e. The minimum Gasteiger partial charge on any atom is -0.334 e. The molecule has 8 nitrogen and oxygen atoms in total. The largest absolute Gasteiger partial charge is 0.334 e. The molecule has 3 aliphatic heterocycles. The van der Waals surface area contributed by atoms with Crippen LogP contribution in [0.4, 0.5) is 11.4 Å². The number of amides is 4. The van der Waals surface area contributed by atoms with Gasteiger partial charge in [-0.1, -0.05) is 103 Å². The quantitative estimate of drug-likeness (QED) is 0.106. The Morgan fingerprint density at radius 1 is 0.760 bits per heavy atom. The number of hydrogen-bond acceptors (Lipinski definition) is 4. The number of fused-ring (bicyclic) bond motifs is 1. The van der Waals surface area contributed by atoms with Crippen molar-refractivity contribution in [2.45, 2.75) is 49.9 Å². The fourth-order valence-corrected chi connectivity index (χ4v) is 7.54. The van der Waals surface area contributed by atoms with Crippen LogP contribution in [0.25, 0.3) is 12.2 Å². The van der Waals surface area contributed by atoms with Gasteiger partial charge in [0.2, 0.25) is 6.41 Å². The lowest BCUT2D eigenvalue weighted by Crippen LogP contribution is -2.59. The van der Waals surface area contributed by atoms with E-state index in [2.05, 4.69) is 6.58 Å². The Morgan fingerprint density at radius 2 is 1.38 bits per heavy atom. The Labute approximate surface area is 292 Å². The number of rotatable bonds is 10. The van der Waals surface area contributed by atoms with Gasteiger partial charge >= 0.3 is 0 Å². The predicted octanol–water partition coefficient (Wildman–Crippen LogP) is 6.82. The maximum Gasteiger partial charge on any atom is 0.251 e. The molecule has 252 valence electrons. The Bertz CT molecular complexity index is 1890. The summed E-state index contributed by atoms with van der Waals surface area (Å²) in [4.78, 5) is 60.7. The monoisotopic (exact) mass is 664 g/mol. The Hall–Kier alpha value is -5.76. The second kappa shape index (κ2) is 14.4. The fraction of sp³-hybridized carbons (Fsp3) is 0.238. The molecule has 7 rings (SSSR count). The standard InChI is InChI=1S/C42H40N4O4/c1-2-34-15-9-27-43(34)41(49)38(32-11-5-3-6-12-32)45(29-47)35-23-19-30(20-24-35)17-18-31-21-25-36(26-22-31)46-39(33-13-7-4-8-14-33)42(50)44-28-10-16-37(44)40(46)48/h2-8,11-14,17-26,29,34,37-39H,1,9-10,15-16,27-28H2/b18-17+/t34-,37+,38?,39?/m1/s1. The molecule has 4 aromatic rings. The summed E-state index contributed by atoms with van der Waals surface area (Å²) in [7, 11) is 0. The molecule has 8 heteroatoms. The number of nitrogens with zero attached hydrogens (tertiary/aromatic N) is 4. The predicted molar refractivity (Wildman–Crippen MR) is 196 cm³/mol. The second-order valence-electron chi connectivity index (χ2n) is 13.0. The van der Waals surface area contributed by atoms with Crippen LogP contribution in [-0.2, 0) is 19.2 Å². The van der Waals surface area contributed by atoms with Gasteiger partial charge in [-0.15, -0.1) is 6.58 Å². The first-order valence-corrected chi connectivity index (χ1v) is 17.3. The lowest BCUT2D eigenvalue weighted by molar-refractivity contribution is -0.144. The molecule has 50 heavy (non-hydrogen) atoms. The topological polar surface area (TPSA) is 81.2 Å². The Balaban J connectivity index is 1.10. The third-order valence-electron chi connectivity index (χ3n) is 10.1. The van der Waals surface area contributed by atoms with E-state index in [0.29, 0.717) is 30.9 Å². The van der Waals surface area contributed by atoms with Crippen LogP contribution in [0.1, 0.15) is 60.0 Å². The van der Waals surface area contributed by atoms with E-state index in [1.165, 1.54) is 4.90 Å². The molecule has 4 amide bonds. The highest BCUT2D eigenvalue weighted by Gasteiger charge is 2.49. The zero-order valence-corrected chi connectivity index (χ0v) is 27.9. The van der Waals surface area contributed by atoms with Gasteiger partial charge in [0.25, 0.3) is 17.7 Å². The van der Waals surface area contributed by atoms with Crippen LogP contribution in [0.5, 0.6) is 0 Å². The average Bonchev–Trinajstić information content (AvgIpc) is 3.87. The third kappa shape index (κ3) is 6.25. The third-order valence-corrected chi connectivity index (χ3v) is 10.1. The fourth-order valence-electron chi connectivity index (χ4n) is 7.54. The van der Waals surface area contributed by atoms with Crippen molar-refractivity contribution in [3.05, 3.63) is 144 Å². The molecule has 0 saturated carbocycles. The highest BCUT2D eigenvalue weighted by molar-refractivity contribution is 6.09. The van der Waals surface area contributed by atoms with Crippen molar-refractivity contribution >= 4 is 47.7 Å². The number of hydrogen-bond donors (Lipinski definition) is 0. The van der Waals surface area contributed by atoms with E-state index in [-0.39, 0.29) is 23.8 Å². The maximum absolute atomic E-state index is 13.9. The molecule has 0 bridgehead atoms. The van der Waals surface area contributed by atoms with Gasteiger partial charge in [-0.25, -0.2) is 0 Å². The summed E-state index contributed by atoms with van der Waals surface area (Å²) >= 11 is 0. The Morgan fingerprint density at radius 3 is 2.02 bits per heavy atom. The van der Waals surface area contributed by atoms with Crippen molar-refractivity contribution in [1.29, 1.82) is 0 Å². The first-order chi connectivity index (χ1) is 24.5. The highest BCUT2D eigenvalue weighted by atomic mass is 16.2. The maximum atomic E-state index is 13.9. The van der Waals surface area contributed by atoms with Crippen molar-refractivity contribution in [1.82, 2.24) is 9.80 Å². The van der Waals surface area contributed by atoms with Crippen LogP contribution in [0.3, 0.4) is 0 Å². The molecule has 0 aromatic heterocycles. The summed E-state index contributed by atoms with van der Waals surface area (Å²) < 4.78 is 0. The molecular weight excluding hydrogens is 624 g/mol. The first kappa shape index (κ1) is 32.8. The van der Waals surface area contributed by atoms with Gasteiger partial charge in [0.1, 0.15) is 18.1 Å². The summed E-state index contributed by atoms with van der Waals surface area (Å²) in [5, 5.41) is 0. The minimum absolute atomic E-state index is 0.0321. The first-order valence-electron chi connectivity index (χ1n) is 17.3. The van der Waals surface area contributed by atoms with Crippen molar-refractivity contribution < 1.29 is 19.2 Å². The van der Waals surface area contributed by atoms with Crippen LogP contribution in [0.15, 0.2) is 122 Å². The molecule has 0 radical (unpaired) electrons. The van der Waals surface area contributed by atoms with Crippen LogP contribution in [0, 0.1) is 0 Å². The van der Waals surface area contributed by atoms with Gasteiger partial charge < -0.3 is 9.80 Å². The number of carbonyl (C=O) groups excluding carboxylic acids is 4. The van der Waals surface area contributed by atoms with Gasteiger partial charge in [0.05, 0.1) is 0 Å². The summed E-state index contributed by atoms with van der Waals surface area (Å²) in [5.41, 5.74) is 4.70. The van der Waals surface area contributed by atoms with Crippen LogP contribution in [-0.4, -0.2) is 59.1 Å². The summed E-state index contributed by atoms with van der Waals surface area (Å²) in [5.74, 6) is -0.194.